The van der Waals surface area contributed by atoms with Gasteiger partial charge in [0.15, 0.2) is 0 Å². The average molecular weight is 353 g/mol. The van der Waals surface area contributed by atoms with Gasteiger partial charge in [-0.25, -0.2) is 0 Å². The predicted octanol–water partition coefficient (Wildman–Crippen LogP) is 3.43. The lowest BCUT2D eigenvalue weighted by Gasteiger charge is -2.26. The van der Waals surface area contributed by atoms with Gasteiger partial charge in [-0.15, -0.1) is 0 Å². The van der Waals surface area contributed by atoms with E-state index in [-0.39, 0.29) is 17.2 Å². The van der Waals surface area contributed by atoms with Crippen LogP contribution in [0.25, 0.3) is 0 Å². The van der Waals surface area contributed by atoms with Crippen molar-refractivity contribution in [1.29, 1.82) is 0 Å². The highest BCUT2D eigenvalue weighted by Crippen LogP contribution is 2.25. The number of thioether (sulfide) groups is 1. The number of likely N-dealkylation sites (tertiary alicyclic amines) is 1. The molecule has 2 amide bonds. The van der Waals surface area contributed by atoms with Gasteiger partial charge in [-0.05, 0) is 30.9 Å². The van der Waals surface area contributed by atoms with Crippen molar-refractivity contribution in [3.63, 3.8) is 0 Å². The molecule has 2 aliphatic rings. The average Bonchev–Trinajstić information content (AvgIpc) is 3.16. The molecule has 0 unspecified atom stereocenters. The van der Waals surface area contributed by atoms with Crippen LogP contribution in [0.4, 0.5) is 4.79 Å². The lowest BCUT2D eigenvalue weighted by atomic mass is 10.0. The Bertz CT molecular complexity index is 596. The highest BCUT2D eigenvalue weighted by molar-refractivity contribution is 8.13. The molecule has 6 heteroatoms. The van der Waals surface area contributed by atoms with Crippen molar-refractivity contribution >= 4 is 34.5 Å². The van der Waals surface area contributed by atoms with Gasteiger partial charge in [-0.2, -0.15) is 0 Å². The van der Waals surface area contributed by atoms with Crippen LogP contribution in [-0.2, 0) is 11.2 Å². The first-order valence-electron chi connectivity index (χ1n) is 8.10. The van der Waals surface area contributed by atoms with Gasteiger partial charge in [0.1, 0.15) is 0 Å². The van der Waals surface area contributed by atoms with Crippen LogP contribution in [0.2, 0.25) is 5.02 Å². The number of nitrogens with zero attached hydrogens (tertiary/aromatic N) is 2. The fraction of sp³-hybridized carbons (Fsp3) is 0.529. The van der Waals surface area contributed by atoms with Crippen LogP contribution in [0.15, 0.2) is 24.3 Å². The van der Waals surface area contributed by atoms with Crippen LogP contribution in [0, 0.1) is 0 Å². The molecule has 4 nitrogen and oxygen atoms in total. The van der Waals surface area contributed by atoms with Crippen LogP contribution >= 0.6 is 23.4 Å². The van der Waals surface area contributed by atoms with Crippen LogP contribution in [0.5, 0.6) is 0 Å². The third-order valence-electron chi connectivity index (χ3n) is 4.55. The first-order valence-corrected chi connectivity index (χ1v) is 9.46. The van der Waals surface area contributed by atoms with Crippen molar-refractivity contribution in [2.75, 3.05) is 25.4 Å². The van der Waals surface area contributed by atoms with Crippen LogP contribution < -0.4 is 0 Å². The van der Waals surface area contributed by atoms with E-state index in [1.54, 1.807) is 4.90 Å². The first-order chi connectivity index (χ1) is 11.1. The SMILES string of the molecule is O=C1SCCN1CCC(=O)N1CCC[C@H]1Cc1ccccc1Cl. The molecule has 1 aromatic carbocycles. The van der Waals surface area contributed by atoms with Crippen LogP contribution in [-0.4, -0.2) is 52.4 Å². The molecule has 1 aromatic rings. The molecular weight excluding hydrogens is 332 g/mol. The zero-order valence-electron chi connectivity index (χ0n) is 13.0. The maximum Gasteiger partial charge on any atom is 0.281 e. The molecule has 1 atom stereocenters. The number of hydrogen-bond donors (Lipinski definition) is 0. The molecule has 2 heterocycles. The third-order valence-corrected chi connectivity index (χ3v) is 5.81. The van der Waals surface area contributed by atoms with E-state index in [9.17, 15) is 9.59 Å². The summed E-state index contributed by atoms with van der Waals surface area (Å²) in [5.74, 6) is 0.996. The summed E-state index contributed by atoms with van der Waals surface area (Å²) in [6.07, 6.45) is 3.30. The zero-order chi connectivity index (χ0) is 16.2. The molecule has 2 saturated heterocycles. The van der Waals surface area contributed by atoms with E-state index in [0.717, 1.165) is 48.7 Å². The summed E-state index contributed by atoms with van der Waals surface area (Å²) >= 11 is 7.58. The Kier molecular flexibility index (Phi) is 5.49. The van der Waals surface area contributed by atoms with Crippen molar-refractivity contribution in [1.82, 2.24) is 9.80 Å². The summed E-state index contributed by atoms with van der Waals surface area (Å²) in [5.41, 5.74) is 1.10. The molecule has 124 valence electrons. The molecule has 2 fully saturated rings. The minimum Gasteiger partial charge on any atom is -0.339 e. The smallest absolute Gasteiger partial charge is 0.281 e. The van der Waals surface area contributed by atoms with Gasteiger partial charge in [-0.1, -0.05) is 41.6 Å². The van der Waals surface area contributed by atoms with E-state index in [1.165, 1.54) is 11.8 Å². The van der Waals surface area contributed by atoms with Gasteiger partial charge in [0.2, 0.25) is 5.91 Å². The fourth-order valence-corrected chi connectivity index (χ4v) is 4.36. The lowest BCUT2D eigenvalue weighted by molar-refractivity contribution is -0.132. The number of hydrogen-bond acceptors (Lipinski definition) is 3. The minimum absolute atomic E-state index is 0.104. The molecule has 2 aliphatic heterocycles. The van der Waals surface area contributed by atoms with E-state index in [2.05, 4.69) is 0 Å². The van der Waals surface area contributed by atoms with Gasteiger partial charge >= 0.3 is 0 Å². The van der Waals surface area contributed by atoms with E-state index in [4.69, 9.17) is 11.6 Å². The molecule has 0 spiro atoms. The lowest BCUT2D eigenvalue weighted by Crippen LogP contribution is -2.39. The maximum atomic E-state index is 12.5. The van der Waals surface area contributed by atoms with Gasteiger partial charge in [0, 0.05) is 42.9 Å². The predicted molar refractivity (Wildman–Crippen MR) is 93.9 cm³/mol. The van der Waals surface area contributed by atoms with Crippen molar-refractivity contribution in [2.45, 2.75) is 31.7 Å². The summed E-state index contributed by atoms with van der Waals surface area (Å²) in [5, 5.41) is 0.873. The molecule has 0 radical (unpaired) electrons. The highest BCUT2D eigenvalue weighted by Gasteiger charge is 2.30. The summed E-state index contributed by atoms with van der Waals surface area (Å²) in [6.45, 7) is 2.12. The highest BCUT2D eigenvalue weighted by atomic mass is 35.5. The van der Waals surface area contributed by atoms with E-state index in [1.807, 2.05) is 29.2 Å². The Balaban J connectivity index is 1.56. The molecule has 0 N–H and O–H groups in total. The first kappa shape index (κ1) is 16.7. The Morgan fingerprint density at radius 3 is 2.87 bits per heavy atom. The van der Waals surface area contributed by atoms with Gasteiger partial charge < -0.3 is 9.80 Å². The second-order valence-corrected chi connectivity index (χ2v) is 7.48. The molecule has 23 heavy (non-hydrogen) atoms. The number of halogens is 1. The number of amides is 2. The minimum atomic E-state index is 0.104. The van der Waals surface area contributed by atoms with Crippen LogP contribution in [0.1, 0.15) is 24.8 Å². The second-order valence-electron chi connectivity index (χ2n) is 6.03. The fourth-order valence-electron chi connectivity index (χ4n) is 3.30. The van der Waals surface area contributed by atoms with Crippen molar-refractivity contribution in [3.8, 4) is 0 Å². The molecule has 3 rings (SSSR count). The second kappa shape index (κ2) is 7.58. The van der Waals surface area contributed by atoms with Gasteiger partial charge in [0.05, 0.1) is 0 Å². The van der Waals surface area contributed by atoms with E-state index in [0.29, 0.717) is 13.0 Å². The number of carbonyl (C=O) groups excluding carboxylic acids is 2. The van der Waals surface area contributed by atoms with Crippen molar-refractivity contribution < 1.29 is 9.59 Å². The normalized spacial score (nSPS) is 21.3. The summed E-state index contributed by atoms with van der Waals surface area (Å²) in [7, 11) is 0. The topological polar surface area (TPSA) is 40.6 Å². The van der Waals surface area contributed by atoms with Crippen molar-refractivity contribution in [3.05, 3.63) is 34.9 Å². The molecule has 0 bridgehead atoms. The molecule has 0 saturated carbocycles. The Morgan fingerprint density at radius 2 is 2.13 bits per heavy atom. The number of rotatable bonds is 5. The Hall–Kier alpha value is -1.20. The molecule has 0 aromatic heterocycles. The van der Waals surface area contributed by atoms with Crippen LogP contribution in [0.3, 0.4) is 0 Å². The third kappa shape index (κ3) is 4.01. The summed E-state index contributed by atoms with van der Waals surface area (Å²) < 4.78 is 0. The maximum absolute atomic E-state index is 12.5. The van der Waals surface area contributed by atoms with Gasteiger partial charge in [0.25, 0.3) is 5.24 Å². The Labute approximate surface area is 146 Å². The number of benzene rings is 1. The molecular formula is C17H21ClN2O2S. The largest absolute Gasteiger partial charge is 0.339 e. The van der Waals surface area contributed by atoms with E-state index >= 15 is 0 Å². The van der Waals surface area contributed by atoms with Crippen molar-refractivity contribution in [2.24, 2.45) is 0 Å². The zero-order valence-corrected chi connectivity index (χ0v) is 14.6. The quantitative estimate of drug-likeness (QED) is 0.815. The number of carbonyl (C=O) groups is 2. The van der Waals surface area contributed by atoms with E-state index < -0.39 is 0 Å². The standard InChI is InChI=1S/C17H21ClN2O2S/c18-15-6-2-1-4-13(15)12-14-5-3-8-20(14)16(21)7-9-19-10-11-23-17(19)22/h1-2,4,6,14H,3,5,7-12H2/t14-/m0/s1. The monoisotopic (exact) mass is 352 g/mol. The Morgan fingerprint density at radius 1 is 1.30 bits per heavy atom. The van der Waals surface area contributed by atoms with Gasteiger partial charge in [-0.3, -0.25) is 9.59 Å². The summed E-state index contributed by atoms with van der Waals surface area (Å²) in [4.78, 5) is 27.9. The summed E-state index contributed by atoms with van der Waals surface area (Å²) in [6, 6.07) is 8.07. The molecule has 0 aliphatic carbocycles.